The molecule has 0 bridgehead atoms. The normalized spacial score (nSPS) is 15.9. The third-order valence-corrected chi connectivity index (χ3v) is 4.10. The van der Waals surface area contributed by atoms with Crippen molar-refractivity contribution in [2.45, 2.75) is 37.9 Å². The second kappa shape index (κ2) is 20.0. The fraction of sp³-hybridized carbons (Fsp3) is 0.714. The molecule has 2 unspecified atom stereocenters. The Morgan fingerprint density at radius 3 is 2.17 bits per heavy atom. The Balaban J connectivity index is 0. The minimum Gasteiger partial charge on any atom is -0.393 e. The summed E-state index contributed by atoms with van der Waals surface area (Å²) in [6.07, 6.45) is 6.00. The van der Waals surface area contributed by atoms with E-state index < -0.39 is 16.1 Å². The lowest BCUT2D eigenvalue weighted by molar-refractivity contribution is 0.146. The van der Waals surface area contributed by atoms with Gasteiger partial charge in [0, 0.05) is 0 Å². The van der Waals surface area contributed by atoms with Gasteiger partial charge in [0.15, 0.2) is 0 Å². The smallest absolute Gasteiger partial charge is 0.209 e. The fourth-order valence-electron chi connectivity index (χ4n) is 1.44. The molecular formula is C14H28B3O4P2S. The number of hydrogen-bond donors (Lipinski definition) is 1. The molecule has 0 fully saturated rings. The summed E-state index contributed by atoms with van der Waals surface area (Å²) in [5, 5.41) is 9.18. The van der Waals surface area contributed by atoms with Crippen LogP contribution in [0.3, 0.4) is 0 Å². The van der Waals surface area contributed by atoms with Crippen LogP contribution in [0.15, 0.2) is 25.3 Å². The third-order valence-electron chi connectivity index (χ3n) is 2.54. The lowest BCUT2D eigenvalue weighted by Crippen LogP contribution is -2.10. The second-order valence-corrected chi connectivity index (χ2v) is 7.94. The van der Waals surface area contributed by atoms with Crippen molar-refractivity contribution in [3.63, 3.8) is 0 Å². The Morgan fingerprint density at radius 1 is 1.17 bits per heavy atom. The highest BCUT2D eigenvalue weighted by Crippen LogP contribution is 2.25. The molecule has 0 saturated carbocycles. The Morgan fingerprint density at radius 2 is 1.71 bits per heavy atom. The van der Waals surface area contributed by atoms with Gasteiger partial charge in [0.2, 0.25) is 7.09 Å². The lowest BCUT2D eigenvalue weighted by atomic mass is 10.2. The third kappa shape index (κ3) is 22.7. The molecule has 10 heteroatoms. The minimum atomic E-state index is -0.786. The standard InChI is InChI=1S/C7H14B2O2PS.C7H14BO2P/c1-3-4-7(11-13-9)5-6-10-12(2)8;1-3-4-7(9)5-6-10-11(2)8/h3,7,9H,1,4-6H2,2H3;3,7,9H,1,4-6H2,2H3/t7-,12?;7-,11?/m00/s1/i9T;. The van der Waals surface area contributed by atoms with Crippen molar-refractivity contribution in [2.24, 2.45) is 0 Å². The summed E-state index contributed by atoms with van der Waals surface area (Å²) in [4.78, 5) is 0. The first-order valence-corrected chi connectivity index (χ1v) is 11.9. The molecule has 0 aromatic rings. The van der Waals surface area contributed by atoms with Crippen LogP contribution < -0.4 is 0 Å². The summed E-state index contributed by atoms with van der Waals surface area (Å²) in [5.74, 6) is 0. The van der Waals surface area contributed by atoms with E-state index in [2.05, 4.69) is 13.2 Å². The fourth-order valence-corrected chi connectivity index (χ4v) is 2.56. The van der Waals surface area contributed by atoms with E-state index in [1.165, 1.54) is 0 Å². The van der Waals surface area contributed by atoms with E-state index in [1.807, 2.05) is 13.3 Å². The molecule has 0 aliphatic rings. The average molecular weight is 389 g/mol. The number of aliphatic hydroxyl groups excluding tert-OH is 1. The molecule has 0 spiro atoms. The van der Waals surface area contributed by atoms with Gasteiger partial charge in [-0.1, -0.05) is 24.0 Å². The first kappa shape index (κ1) is 24.7. The molecule has 4 nitrogen and oxygen atoms in total. The summed E-state index contributed by atoms with van der Waals surface area (Å²) in [5.41, 5.74) is 0. The molecule has 0 saturated heterocycles. The first-order valence-electron chi connectivity index (χ1n) is 8.09. The van der Waals surface area contributed by atoms with E-state index in [0.29, 0.717) is 26.1 Å². The minimum absolute atomic E-state index is 0.0500. The number of rotatable bonds is 15. The largest absolute Gasteiger partial charge is 0.393 e. The second-order valence-electron chi connectivity index (χ2n) is 4.85. The van der Waals surface area contributed by atoms with Gasteiger partial charge in [-0.05, 0) is 56.4 Å². The van der Waals surface area contributed by atoms with Crippen LogP contribution in [0, 0.1) is 0 Å². The molecule has 0 heterocycles. The molecule has 24 heavy (non-hydrogen) atoms. The van der Waals surface area contributed by atoms with E-state index in [9.17, 15) is 5.11 Å². The van der Waals surface area contributed by atoms with Crippen molar-refractivity contribution in [3.05, 3.63) is 25.3 Å². The van der Waals surface area contributed by atoms with Crippen molar-refractivity contribution in [2.75, 3.05) is 26.5 Å². The Bertz CT molecular complexity index is 322. The van der Waals surface area contributed by atoms with Crippen LogP contribution >= 0.6 is 27.9 Å². The summed E-state index contributed by atoms with van der Waals surface area (Å²) < 4.78 is 22.5. The molecule has 0 rings (SSSR count). The Hall–Kier alpha value is 0.725. The van der Waals surface area contributed by atoms with Crippen LogP contribution in [0.25, 0.3) is 0 Å². The van der Waals surface area contributed by atoms with Gasteiger partial charge in [-0.2, -0.15) is 0 Å². The van der Waals surface area contributed by atoms with Gasteiger partial charge in [-0.3, -0.25) is 0 Å². The van der Waals surface area contributed by atoms with E-state index >= 15 is 0 Å². The zero-order valence-corrected chi connectivity index (χ0v) is 17.3. The van der Waals surface area contributed by atoms with E-state index in [-0.39, 0.29) is 12.2 Å². The van der Waals surface area contributed by atoms with E-state index in [0.717, 1.165) is 31.8 Å². The van der Waals surface area contributed by atoms with E-state index in [1.54, 1.807) is 12.2 Å². The quantitative estimate of drug-likeness (QED) is 0.202. The molecule has 1 N–H and O–H groups in total. The van der Waals surface area contributed by atoms with Gasteiger partial charge in [-0.25, -0.2) is 0 Å². The maximum Gasteiger partial charge on any atom is 0.209 e. The molecule has 4 atom stereocenters. The van der Waals surface area contributed by atoms with Crippen LogP contribution in [0.5, 0.6) is 0 Å². The maximum absolute atomic E-state index is 9.18. The van der Waals surface area contributed by atoms with Crippen LogP contribution in [-0.4, -0.2) is 67.4 Å². The highest BCUT2D eigenvalue weighted by Gasteiger charge is 2.07. The topological polar surface area (TPSA) is 47.9 Å². The van der Waals surface area contributed by atoms with E-state index in [4.69, 9.17) is 29.7 Å². The summed E-state index contributed by atoms with van der Waals surface area (Å²) >= 11 is 1.03. The predicted octanol–water partition coefficient (Wildman–Crippen LogP) is 3.37. The van der Waals surface area contributed by atoms with Gasteiger partial charge in [0.05, 0.1) is 25.4 Å². The van der Waals surface area contributed by atoms with Crippen LogP contribution in [-0.2, 0) is 13.2 Å². The Labute approximate surface area is 159 Å². The molecule has 5 radical (unpaired) electrons. The molecule has 0 amide bonds. The van der Waals surface area contributed by atoms with Gasteiger partial charge in [-0.15, -0.1) is 13.2 Å². The van der Waals surface area contributed by atoms with Gasteiger partial charge in [0.25, 0.3) is 0 Å². The van der Waals surface area contributed by atoms with Gasteiger partial charge < -0.3 is 18.3 Å². The van der Waals surface area contributed by atoms with Crippen LogP contribution in [0.2, 0.25) is 0 Å². The predicted molar refractivity (Wildman–Crippen MR) is 114 cm³/mol. The van der Waals surface area contributed by atoms with Gasteiger partial charge in [0.1, 0.15) is 15.1 Å². The van der Waals surface area contributed by atoms with Crippen molar-refractivity contribution >= 4 is 50.2 Å². The van der Waals surface area contributed by atoms with Crippen LogP contribution in [0.1, 0.15) is 25.7 Å². The molecular weight excluding hydrogens is 359 g/mol. The van der Waals surface area contributed by atoms with Crippen LogP contribution in [0.4, 0.5) is 0 Å². The van der Waals surface area contributed by atoms with Crippen molar-refractivity contribution < 1.29 is 18.3 Å². The molecule has 133 valence electrons. The van der Waals surface area contributed by atoms with Gasteiger partial charge >= 0.3 is 0 Å². The molecule has 0 aromatic carbocycles. The molecule has 0 aliphatic heterocycles. The number of aliphatic hydroxyl groups is 1. The zero-order chi connectivity index (χ0) is 19.5. The highest BCUT2D eigenvalue weighted by atomic mass is 32.2. The monoisotopic (exact) mass is 389 g/mol. The summed E-state index contributed by atoms with van der Waals surface area (Å²) in [6, 6.07) is 0. The SMILES string of the molecule is [3H][B]SO[C@@H](CC=C)CCOP([B])C.[B]P(C)OCC[C@@H](O)CC=C. The highest BCUT2D eigenvalue weighted by molar-refractivity contribution is 8.15. The average Bonchev–Trinajstić information content (AvgIpc) is 2.53. The molecule has 0 aromatic heterocycles. The Kier molecular flexibility index (Phi) is 20.6. The summed E-state index contributed by atoms with van der Waals surface area (Å²) in [6.45, 7) is 12.0. The lowest BCUT2D eigenvalue weighted by Gasteiger charge is -2.15. The summed E-state index contributed by atoms with van der Waals surface area (Å²) in [7, 11) is 10.5. The zero-order valence-electron chi connectivity index (χ0n) is 15.7. The maximum atomic E-state index is 9.18. The van der Waals surface area contributed by atoms with Crippen molar-refractivity contribution in [3.8, 4) is 0 Å². The number of hydrogen-bond acceptors (Lipinski definition) is 5. The molecule has 0 aliphatic carbocycles. The van der Waals surface area contributed by atoms with Crippen molar-refractivity contribution in [1.29, 1.82) is 1.34 Å². The van der Waals surface area contributed by atoms with Crippen molar-refractivity contribution in [1.82, 2.24) is 0 Å². The first-order chi connectivity index (χ1) is 11.9.